The number of aromatic nitrogens is 10. The molecule has 0 unspecified atom stereocenters. The normalized spacial score (nSPS) is 17.3. The lowest BCUT2D eigenvalue weighted by atomic mass is 10.2. The van der Waals surface area contributed by atoms with Gasteiger partial charge in [-0.1, -0.05) is 49.4 Å². The number of nitrogens with one attached hydrogen (secondary N) is 3. The first kappa shape index (κ1) is 44.0. The molecule has 19 heteroatoms. The molecule has 10 heterocycles. The Balaban J connectivity index is 0.000000130. The minimum Gasteiger partial charge on any atom is -0.368 e. The number of nitrogens with zero attached hydrogens (tertiary/aromatic N) is 12. The van der Waals surface area contributed by atoms with Gasteiger partial charge in [-0.2, -0.15) is 9.97 Å². The summed E-state index contributed by atoms with van der Waals surface area (Å²) in [7, 11) is 0. The number of halogens is 1. The molecular weight excluding hydrogens is 868 g/mol. The van der Waals surface area contributed by atoms with Crippen molar-refractivity contribution in [3.63, 3.8) is 0 Å². The zero-order chi connectivity index (χ0) is 45.7. The van der Waals surface area contributed by atoms with Gasteiger partial charge >= 0.3 is 0 Å². The van der Waals surface area contributed by atoms with Crippen molar-refractivity contribution in [2.75, 3.05) is 50.3 Å². The number of rotatable bonds is 8. The molecule has 67 heavy (non-hydrogen) atoms. The lowest BCUT2D eigenvalue weighted by Gasteiger charge is -2.26. The predicted octanol–water partition coefficient (Wildman–Crippen LogP) is 6.51. The summed E-state index contributed by atoms with van der Waals surface area (Å²) in [6.07, 6.45) is 24.6. The molecule has 0 bridgehead atoms. The SMILES string of the molecule is Nc1ncc2c3ccncc3n(C3CCCC3)c2n1.O=C1CN(Cc2ccc(Cl)nc2)CCN1.O=C1CN(Cc2ccc(Nc3ncc4c5ccncc5n(C5CCCC5)c4n3)nc2)CCN1. The highest BCUT2D eigenvalue weighted by Gasteiger charge is 2.25. The molecule has 344 valence electrons. The van der Waals surface area contributed by atoms with E-state index in [1.54, 1.807) is 12.3 Å². The molecule has 18 nitrogen and oxygen atoms in total. The number of carbonyl (C=O) groups is 2. The van der Waals surface area contributed by atoms with E-state index < -0.39 is 0 Å². The molecule has 2 aliphatic carbocycles. The van der Waals surface area contributed by atoms with Crippen LogP contribution in [0.2, 0.25) is 5.15 Å². The fourth-order valence-electron chi connectivity index (χ4n) is 9.85. The first-order valence-corrected chi connectivity index (χ1v) is 23.5. The van der Waals surface area contributed by atoms with Crippen LogP contribution in [0.4, 0.5) is 17.7 Å². The number of piperazine rings is 2. The molecule has 2 amide bonds. The monoisotopic (exact) mass is 920 g/mol. The summed E-state index contributed by atoms with van der Waals surface area (Å²) in [6.45, 7) is 5.50. The highest BCUT2D eigenvalue weighted by molar-refractivity contribution is 6.29. The zero-order valence-corrected chi connectivity index (χ0v) is 37.9. The van der Waals surface area contributed by atoms with Crippen molar-refractivity contribution in [1.82, 2.24) is 69.4 Å². The average Bonchev–Trinajstić information content (AvgIpc) is 4.17. The van der Waals surface area contributed by atoms with E-state index in [1.165, 1.54) is 51.4 Å². The fourth-order valence-corrected chi connectivity index (χ4v) is 9.96. The van der Waals surface area contributed by atoms with Crippen molar-refractivity contribution in [3.8, 4) is 0 Å². The lowest BCUT2D eigenvalue weighted by molar-refractivity contribution is -0.125. The van der Waals surface area contributed by atoms with Gasteiger partial charge in [0.05, 0.1) is 36.5 Å². The molecule has 0 radical (unpaired) electrons. The van der Waals surface area contributed by atoms with Crippen LogP contribution in [-0.2, 0) is 22.7 Å². The molecule has 2 saturated heterocycles. The first-order chi connectivity index (χ1) is 32.8. The summed E-state index contributed by atoms with van der Waals surface area (Å²) in [4.78, 5) is 62.1. The maximum absolute atomic E-state index is 11.6. The van der Waals surface area contributed by atoms with E-state index in [0.717, 1.165) is 81.2 Å². The van der Waals surface area contributed by atoms with Crippen LogP contribution >= 0.6 is 11.6 Å². The number of fused-ring (bicyclic) bond motifs is 6. The van der Waals surface area contributed by atoms with Crippen LogP contribution in [0.5, 0.6) is 0 Å². The third kappa shape index (κ3) is 9.96. The van der Waals surface area contributed by atoms with Gasteiger partial charge in [0, 0.05) is 110 Å². The van der Waals surface area contributed by atoms with Crippen LogP contribution in [0.25, 0.3) is 43.9 Å². The quantitative estimate of drug-likeness (QED) is 0.120. The molecule has 0 spiro atoms. The highest BCUT2D eigenvalue weighted by atomic mass is 35.5. The van der Waals surface area contributed by atoms with Gasteiger partial charge in [-0.3, -0.25) is 29.4 Å². The molecule has 4 fully saturated rings. The molecule has 0 atom stereocenters. The minimum atomic E-state index is 0.0748. The van der Waals surface area contributed by atoms with E-state index in [4.69, 9.17) is 22.3 Å². The predicted molar refractivity (Wildman–Crippen MR) is 258 cm³/mol. The number of nitrogen functional groups attached to an aromatic ring is 1. The Labute approximate surface area is 391 Å². The highest BCUT2D eigenvalue weighted by Crippen LogP contribution is 2.39. The zero-order valence-electron chi connectivity index (χ0n) is 37.2. The van der Waals surface area contributed by atoms with Crippen molar-refractivity contribution in [3.05, 3.63) is 102 Å². The summed E-state index contributed by atoms with van der Waals surface area (Å²) in [6, 6.07) is 12.7. The average molecular weight is 922 g/mol. The van der Waals surface area contributed by atoms with Gasteiger partial charge in [-0.05, 0) is 61.1 Å². The van der Waals surface area contributed by atoms with Gasteiger partial charge in [0.15, 0.2) is 0 Å². The van der Waals surface area contributed by atoms with Crippen molar-refractivity contribution in [1.29, 1.82) is 0 Å². The van der Waals surface area contributed by atoms with E-state index in [9.17, 15) is 9.59 Å². The molecule has 4 aliphatic rings. The molecule has 2 saturated carbocycles. The van der Waals surface area contributed by atoms with E-state index in [2.05, 4.69) is 69.8 Å². The first-order valence-electron chi connectivity index (χ1n) is 23.1. The number of carbonyl (C=O) groups excluding carboxylic acids is 2. The summed E-state index contributed by atoms with van der Waals surface area (Å²) < 4.78 is 4.66. The number of amides is 2. The van der Waals surface area contributed by atoms with E-state index in [0.29, 0.717) is 61.1 Å². The Hall–Kier alpha value is -6.89. The van der Waals surface area contributed by atoms with Gasteiger partial charge in [0.1, 0.15) is 22.3 Å². The maximum Gasteiger partial charge on any atom is 0.234 e. The molecule has 2 aliphatic heterocycles. The largest absolute Gasteiger partial charge is 0.368 e. The smallest absolute Gasteiger partial charge is 0.234 e. The number of pyridine rings is 4. The van der Waals surface area contributed by atoms with Crippen LogP contribution < -0.4 is 21.7 Å². The van der Waals surface area contributed by atoms with E-state index in [-0.39, 0.29) is 11.8 Å². The Bertz CT molecular complexity index is 3020. The number of nitrogens with two attached hydrogens (primary N) is 1. The van der Waals surface area contributed by atoms with Crippen LogP contribution in [0.15, 0.2) is 86.0 Å². The standard InChI is InChI=1S/C24H26N8O.C14H15N5.C10H12ClN3O/c33-22-15-31(10-9-26-22)14-16-5-6-21(27-11-16)29-24-28-12-19-18-7-8-25-13-20(18)32(23(19)30-24)17-3-1-2-4-17;15-14-17-7-11-10-5-6-16-8-12(10)19(13(11)18-14)9-3-1-2-4-9;11-9-2-1-8(5-13-9)6-14-4-3-12-10(15)7-14/h5-8,11-13,17H,1-4,9-10,14-15H2,(H,26,33)(H,27,28,29,30);5-9H,1-4H2,(H2,15,17,18);1-2,5H,3-4,6-7H2,(H,12,15). The topological polar surface area (TPSA) is 216 Å². The van der Waals surface area contributed by atoms with Gasteiger partial charge < -0.3 is 30.8 Å². The number of hydrogen-bond donors (Lipinski definition) is 4. The third-order valence-electron chi connectivity index (χ3n) is 13.0. The van der Waals surface area contributed by atoms with Crippen molar-refractivity contribution in [2.45, 2.75) is 76.5 Å². The Morgan fingerprint density at radius 2 is 1.15 bits per heavy atom. The Morgan fingerprint density at radius 3 is 1.67 bits per heavy atom. The van der Waals surface area contributed by atoms with Crippen molar-refractivity contribution in [2.24, 2.45) is 0 Å². The summed E-state index contributed by atoms with van der Waals surface area (Å²) >= 11 is 5.69. The third-order valence-corrected chi connectivity index (χ3v) is 13.2. The second-order valence-electron chi connectivity index (χ2n) is 17.6. The molecule has 8 aromatic rings. The minimum absolute atomic E-state index is 0.0748. The van der Waals surface area contributed by atoms with Crippen LogP contribution in [0.1, 0.15) is 74.6 Å². The van der Waals surface area contributed by atoms with Crippen LogP contribution in [-0.4, -0.2) is 110 Å². The molecule has 5 N–H and O–H groups in total. The van der Waals surface area contributed by atoms with Crippen LogP contribution in [0.3, 0.4) is 0 Å². The van der Waals surface area contributed by atoms with E-state index in [1.807, 2.05) is 73.7 Å². The molecular formula is C48H53ClN16O2. The van der Waals surface area contributed by atoms with Crippen molar-refractivity contribution >= 4 is 85.0 Å². The number of hydrogen-bond acceptors (Lipinski definition) is 14. The maximum atomic E-state index is 11.6. The van der Waals surface area contributed by atoms with Gasteiger partial charge in [0.25, 0.3) is 0 Å². The molecule has 8 aromatic heterocycles. The Kier molecular flexibility index (Phi) is 13.1. The summed E-state index contributed by atoms with van der Waals surface area (Å²) in [5.41, 5.74) is 12.1. The van der Waals surface area contributed by atoms with Crippen LogP contribution in [0, 0.1) is 0 Å². The Morgan fingerprint density at radius 1 is 0.612 bits per heavy atom. The van der Waals surface area contributed by atoms with Gasteiger partial charge in [-0.15, -0.1) is 0 Å². The summed E-state index contributed by atoms with van der Waals surface area (Å²) in [5, 5.41) is 13.8. The van der Waals surface area contributed by atoms with Gasteiger partial charge in [-0.25, -0.2) is 19.9 Å². The van der Waals surface area contributed by atoms with Crippen molar-refractivity contribution < 1.29 is 9.59 Å². The van der Waals surface area contributed by atoms with Gasteiger partial charge in [0.2, 0.25) is 23.7 Å². The second-order valence-corrected chi connectivity index (χ2v) is 18.0. The van der Waals surface area contributed by atoms with E-state index >= 15 is 0 Å². The fraction of sp³-hybridized carbons (Fsp3) is 0.375. The lowest BCUT2D eigenvalue weighted by Crippen LogP contribution is -2.47. The summed E-state index contributed by atoms with van der Waals surface area (Å²) in [5.74, 6) is 1.72. The number of anilines is 3. The molecule has 0 aromatic carbocycles. The second kappa shape index (κ2) is 19.9. The molecule has 12 rings (SSSR count).